The van der Waals surface area contributed by atoms with Crippen molar-refractivity contribution in [3.63, 3.8) is 0 Å². The SMILES string of the molecule is C/C=C/CN(C)C.CCCNc1nc(C)ncc1C#CCCC(=O)NC(C)(C)CN(C)C=O. The van der Waals surface area contributed by atoms with E-state index in [2.05, 4.69) is 70.5 Å². The molecule has 0 aliphatic carbocycles. The van der Waals surface area contributed by atoms with Crippen LogP contribution in [-0.4, -0.2) is 78.4 Å². The van der Waals surface area contributed by atoms with Gasteiger partial charge in [-0.15, -0.1) is 0 Å². The topological polar surface area (TPSA) is 90.5 Å². The number of anilines is 1. The summed E-state index contributed by atoms with van der Waals surface area (Å²) in [6.07, 6.45) is 8.35. The summed E-state index contributed by atoms with van der Waals surface area (Å²) < 4.78 is 0. The number of likely N-dealkylation sites (N-methyl/N-ethyl adjacent to an activating group) is 2. The second kappa shape index (κ2) is 16.7. The highest BCUT2D eigenvalue weighted by atomic mass is 16.2. The molecule has 1 aromatic rings. The van der Waals surface area contributed by atoms with Gasteiger partial charge in [0, 0.05) is 45.7 Å². The van der Waals surface area contributed by atoms with Gasteiger partial charge in [-0.25, -0.2) is 9.97 Å². The first kappa shape index (κ1) is 30.1. The average Bonchev–Trinajstić information content (AvgIpc) is 2.74. The van der Waals surface area contributed by atoms with Gasteiger partial charge in [0.25, 0.3) is 0 Å². The Morgan fingerprint density at radius 2 is 1.97 bits per heavy atom. The third kappa shape index (κ3) is 15.5. The molecule has 0 saturated heterocycles. The maximum atomic E-state index is 12.1. The first-order valence-electron chi connectivity index (χ1n) is 11.3. The number of allylic oxidation sites excluding steroid dienone is 1. The molecule has 33 heavy (non-hydrogen) atoms. The number of rotatable bonds is 11. The largest absolute Gasteiger partial charge is 0.369 e. The van der Waals surface area contributed by atoms with Crippen molar-refractivity contribution in [3.8, 4) is 11.8 Å². The molecule has 0 atom stereocenters. The first-order chi connectivity index (χ1) is 15.5. The second-order valence-electron chi connectivity index (χ2n) is 8.69. The molecule has 2 amide bonds. The van der Waals surface area contributed by atoms with E-state index in [1.54, 1.807) is 13.2 Å². The van der Waals surface area contributed by atoms with Crippen LogP contribution in [-0.2, 0) is 9.59 Å². The van der Waals surface area contributed by atoms with E-state index in [1.807, 2.05) is 27.7 Å². The van der Waals surface area contributed by atoms with Gasteiger partial charge in [-0.1, -0.05) is 30.9 Å². The molecule has 0 unspecified atom stereocenters. The van der Waals surface area contributed by atoms with E-state index in [1.165, 1.54) is 4.90 Å². The number of nitrogens with one attached hydrogen (secondary N) is 2. The summed E-state index contributed by atoms with van der Waals surface area (Å²) in [6.45, 7) is 12.0. The fourth-order valence-corrected chi connectivity index (χ4v) is 2.73. The minimum absolute atomic E-state index is 0.0897. The number of aryl methyl sites for hydroxylation is 1. The van der Waals surface area contributed by atoms with Crippen LogP contribution in [0.1, 0.15) is 58.3 Å². The van der Waals surface area contributed by atoms with Crippen molar-refractivity contribution in [1.29, 1.82) is 0 Å². The number of carbonyl (C=O) groups excluding carboxylic acids is 2. The minimum atomic E-state index is -0.484. The van der Waals surface area contributed by atoms with E-state index in [9.17, 15) is 9.59 Å². The van der Waals surface area contributed by atoms with Gasteiger partial charge in [0.15, 0.2) is 0 Å². The predicted molar refractivity (Wildman–Crippen MR) is 136 cm³/mol. The second-order valence-corrected chi connectivity index (χ2v) is 8.69. The Balaban J connectivity index is 0.00000126. The third-order valence-electron chi connectivity index (χ3n) is 4.16. The molecule has 184 valence electrons. The van der Waals surface area contributed by atoms with Crippen molar-refractivity contribution in [1.82, 2.24) is 25.1 Å². The molecule has 8 heteroatoms. The van der Waals surface area contributed by atoms with E-state index in [-0.39, 0.29) is 5.91 Å². The molecule has 0 aromatic carbocycles. The molecule has 1 aromatic heterocycles. The van der Waals surface area contributed by atoms with Gasteiger partial charge in [-0.3, -0.25) is 9.59 Å². The molecule has 0 saturated carbocycles. The molecule has 0 bridgehead atoms. The highest BCUT2D eigenvalue weighted by Gasteiger charge is 2.21. The molecule has 0 aliphatic rings. The van der Waals surface area contributed by atoms with Crippen LogP contribution in [0.25, 0.3) is 0 Å². The zero-order valence-electron chi connectivity index (χ0n) is 21.7. The highest BCUT2D eigenvalue weighted by molar-refractivity contribution is 5.77. The Labute approximate surface area is 200 Å². The van der Waals surface area contributed by atoms with Crippen molar-refractivity contribution in [2.75, 3.05) is 46.1 Å². The summed E-state index contributed by atoms with van der Waals surface area (Å²) in [4.78, 5) is 35.0. The lowest BCUT2D eigenvalue weighted by Gasteiger charge is -2.29. The standard InChI is InChI=1S/C19H29N5O2.C6H13N/c1-6-11-20-18-16(12-21-15(2)22-18)9-7-8-10-17(26)23-19(3,4)13-24(5)14-25;1-4-5-6-7(2)3/h12,14H,6,8,10-11,13H2,1-5H3,(H,23,26)(H,20,21,22);4-5H,6H2,1-3H3/b;5-4+. The number of nitrogens with zero attached hydrogens (tertiary/aromatic N) is 4. The van der Waals surface area contributed by atoms with E-state index >= 15 is 0 Å². The smallest absolute Gasteiger partial charge is 0.221 e. The maximum absolute atomic E-state index is 12.1. The summed E-state index contributed by atoms with van der Waals surface area (Å²) in [6, 6.07) is 0. The Hall–Kier alpha value is -2.92. The number of carbonyl (C=O) groups is 2. The minimum Gasteiger partial charge on any atom is -0.369 e. The molecule has 0 fully saturated rings. The summed E-state index contributed by atoms with van der Waals surface area (Å²) in [5.74, 6) is 7.38. The molecule has 0 spiro atoms. The van der Waals surface area contributed by atoms with Crippen LogP contribution >= 0.6 is 0 Å². The molecule has 0 aliphatic heterocycles. The molecular formula is C25H42N6O2. The van der Waals surface area contributed by atoms with Gasteiger partial charge >= 0.3 is 0 Å². The number of amides is 2. The van der Waals surface area contributed by atoms with Gasteiger partial charge in [0.2, 0.25) is 12.3 Å². The molecule has 1 heterocycles. The van der Waals surface area contributed by atoms with Crippen LogP contribution in [0.5, 0.6) is 0 Å². The molecule has 2 N–H and O–H groups in total. The lowest BCUT2D eigenvalue weighted by atomic mass is 10.0. The van der Waals surface area contributed by atoms with Crippen LogP contribution in [0, 0.1) is 18.8 Å². The summed E-state index contributed by atoms with van der Waals surface area (Å²) in [5.41, 5.74) is 0.250. The van der Waals surface area contributed by atoms with Crippen molar-refractivity contribution in [3.05, 3.63) is 29.7 Å². The number of hydrogen-bond acceptors (Lipinski definition) is 6. The maximum Gasteiger partial charge on any atom is 0.221 e. The fourth-order valence-electron chi connectivity index (χ4n) is 2.73. The van der Waals surface area contributed by atoms with Gasteiger partial charge in [-0.05, 0) is 48.2 Å². The Morgan fingerprint density at radius 1 is 1.27 bits per heavy atom. The van der Waals surface area contributed by atoms with E-state index in [0.717, 1.165) is 37.3 Å². The van der Waals surface area contributed by atoms with Gasteiger partial charge in [-0.2, -0.15) is 0 Å². The molecular weight excluding hydrogens is 416 g/mol. The van der Waals surface area contributed by atoms with Gasteiger partial charge in [0.05, 0.1) is 11.1 Å². The van der Waals surface area contributed by atoms with Gasteiger partial charge in [0.1, 0.15) is 11.6 Å². The van der Waals surface area contributed by atoms with Crippen LogP contribution in [0.15, 0.2) is 18.3 Å². The Bertz CT molecular complexity index is 809. The molecule has 1 rings (SSSR count). The van der Waals surface area contributed by atoms with Crippen LogP contribution in [0.2, 0.25) is 0 Å². The number of hydrogen-bond donors (Lipinski definition) is 2. The lowest BCUT2D eigenvalue weighted by Crippen LogP contribution is -2.50. The lowest BCUT2D eigenvalue weighted by molar-refractivity contribution is -0.124. The van der Waals surface area contributed by atoms with E-state index < -0.39 is 5.54 Å². The fraction of sp³-hybridized carbons (Fsp3) is 0.600. The summed E-state index contributed by atoms with van der Waals surface area (Å²) >= 11 is 0. The monoisotopic (exact) mass is 458 g/mol. The zero-order chi connectivity index (χ0) is 25.3. The summed E-state index contributed by atoms with van der Waals surface area (Å²) in [5, 5.41) is 6.16. The molecule has 0 radical (unpaired) electrons. The Kier molecular flexibility index (Phi) is 15.2. The summed E-state index contributed by atoms with van der Waals surface area (Å²) in [7, 11) is 5.79. The van der Waals surface area contributed by atoms with Crippen LogP contribution in [0.3, 0.4) is 0 Å². The van der Waals surface area contributed by atoms with Gasteiger partial charge < -0.3 is 20.4 Å². The average molecular weight is 459 g/mol. The number of aromatic nitrogens is 2. The van der Waals surface area contributed by atoms with Crippen molar-refractivity contribution in [2.45, 2.75) is 59.4 Å². The van der Waals surface area contributed by atoms with E-state index in [0.29, 0.717) is 25.2 Å². The Morgan fingerprint density at radius 3 is 2.52 bits per heavy atom. The predicted octanol–water partition coefficient (Wildman–Crippen LogP) is 2.85. The van der Waals surface area contributed by atoms with Crippen molar-refractivity contribution in [2.24, 2.45) is 0 Å². The highest BCUT2D eigenvalue weighted by Crippen LogP contribution is 2.10. The quantitative estimate of drug-likeness (QED) is 0.301. The normalized spacial score (nSPS) is 10.7. The zero-order valence-corrected chi connectivity index (χ0v) is 21.7. The van der Waals surface area contributed by atoms with E-state index in [4.69, 9.17) is 0 Å². The van der Waals surface area contributed by atoms with Crippen molar-refractivity contribution < 1.29 is 9.59 Å². The van der Waals surface area contributed by atoms with Crippen LogP contribution < -0.4 is 10.6 Å². The molecule has 8 nitrogen and oxygen atoms in total. The van der Waals surface area contributed by atoms with Crippen molar-refractivity contribution >= 4 is 18.1 Å². The first-order valence-corrected chi connectivity index (χ1v) is 11.3. The third-order valence-corrected chi connectivity index (χ3v) is 4.16. The van der Waals surface area contributed by atoms with Crippen LogP contribution in [0.4, 0.5) is 5.82 Å².